The zero-order valence-corrected chi connectivity index (χ0v) is 12.5. The van der Waals surface area contributed by atoms with Gasteiger partial charge in [0.2, 0.25) is 0 Å². The topological polar surface area (TPSA) is 47.6 Å². The summed E-state index contributed by atoms with van der Waals surface area (Å²) in [6.45, 7) is 3.36. The van der Waals surface area contributed by atoms with Gasteiger partial charge in [-0.1, -0.05) is 15.9 Å². The van der Waals surface area contributed by atoms with Crippen LogP contribution in [0.4, 0.5) is 5.69 Å². The fraction of sp³-hybridized carbons (Fsp3) is 0.500. The quantitative estimate of drug-likeness (QED) is 0.864. The van der Waals surface area contributed by atoms with E-state index in [1.807, 2.05) is 31.2 Å². The monoisotopic (exact) mass is 327 g/mol. The molecule has 5 heteroatoms. The molecule has 0 unspecified atom stereocenters. The molecule has 2 rings (SSSR count). The molecule has 0 aromatic heterocycles. The Morgan fingerprint density at radius 1 is 1.37 bits per heavy atom. The molecule has 0 atom stereocenters. The molecule has 0 bridgehead atoms. The van der Waals surface area contributed by atoms with Crippen molar-refractivity contribution < 1.29 is 14.3 Å². The first-order chi connectivity index (χ1) is 9.16. The minimum atomic E-state index is -0.665. The number of rotatable bonds is 4. The normalized spacial score (nSPS) is 17.8. The second-order valence-electron chi connectivity index (χ2n) is 4.55. The summed E-state index contributed by atoms with van der Waals surface area (Å²) in [4.78, 5) is 12.2. The maximum Gasteiger partial charge on any atom is 0.331 e. The molecule has 0 spiro atoms. The summed E-state index contributed by atoms with van der Waals surface area (Å²) in [5.41, 5.74) is 0.250. The third kappa shape index (κ3) is 3.48. The number of carbonyl (C=O) groups excluding carboxylic acids is 1. The van der Waals surface area contributed by atoms with Crippen LogP contribution < -0.4 is 5.32 Å². The Kier molecular flexibility index (Phi) is 4.82. The number of hydrogen-bond acceptors (Lipinski definition) is 4. The predicted octanol–water partition coefficient (Wildman–Crippen LogP) is 2.97. The summed E-state index contributed by atoms with van der Waals surface area (Å²) >= 11 is 3.40. The van der Waals surface area contributed by atoms with Gasteiger partial charge < -0.3 is 14.8 Å². The number of benzene rings is 1. The highest BCUT2D eigenvalue weighted by Gasteiger charge is 2.41. The van der Waals surface area contributed by atoms with Gasteiger partial charge in [-0.15, -0.1) is 0 Å². The molecule has 1 fully saturated rings. The van der Waals surface area contributed by atoms with Crippen molar-refractivity contribution in [1.29, 1.82) is 0 Å². The summed E-state index contributed by atoms with van der Waals surface area (Å²) in [5, 5.41) is 3.33. The maximum atomic E-state index is 12.2. The number of ether oxygens (including phenoxy) is 2. The van der Waals surface area contributed by atoms with E-state index in [1.165, 1.54) is 0 Å². The lowest BCUT2D eigenvalue weighted by molar-refractivity contribution is -0.152. The minimum absolute atomic E-state index is 0.193. The number of halogens is 1. The van der Waals surface area contributed by atoms with Crippen LogP contribution >= 0.6 is 15.9 Å². The molecular weight excluding hydrogens is 310 g/mol. The lowest BCUT2D eigenvalue weighted by Crippen LogP contribution is -2.51. The number of esters is 1. The maximum absolute atomic E-state index is 12.2. The molecule has 4 nitrogen and oxygen atoms in total. The van der Waals surface area contributed by atoms with Crippen LogP contribution in [0.3, 0.4) is 0 Å². The van der Waals surface area contributed by atoms with Crippen molar-refractivity contribution >= 4 is 27.6 Å². The zero-order chi connectivity index (χ0) is 13.7. The minimum Gasteiger partial charge on any atom is -0.464 e. The van der Waals surface area contributed by atoms with Gasteiger partial charge in [-0.3, -0.25) is 0 Å². The van der Waals surface area contributed by atoms with Gasteiger partial charge in [0.1, 0.15) is 5.54 Å². The van der Waals surface area contributed by atoms with Gasteiger partial charge in [-0.05, 0) is 31.2 Å². The summed E-state index contributed by atoms with van der Waals surface area (Å²) in [6.07, 6.45) is 1.25. The lowest BCUT2D eigenvalue weighted by Gasteiger charge is -2.36. The molecule has 104 valence electrons. The average molecular weight is 328 g/mol. The van der Waals surface area contributed by atoms with Crippen molar-refractivity contribution in [3.63, 3.8) is 0 Å². The van der Waals surface area contributed by atoms with Crippen LogP contribution in [0.5, 0.6) is 0 Å². The summed E-state index contributed by atoms with van der Waals surface area (Å²) in [6, 6.07) is 7.78. The van der Waals surface area contributed by atoms with E-state index in [9.17, 15) is 4.79 Å². The number of nitrogens with one attached hydrogen (secondary N) is 1. The molecule has 1 aliphatic rings. The Labute approximate surface area is 121 Å². The van der Waals surface area contributed by atoms with Crippen LogP contribution in [0.1, 0.15) is 19.8 Å². The molecule has 1 aliphatic heterocycles. The van der Waals surface area contributed by atoms with E-state index in [0.29, 0.717) is 32.7 Å². The van der Waals surface area contributed by atoms with E-state index in [4.69, 9.17) is 9.47 Å². The van der Waals surface area contributed by atoms with Crippen molar-refractivity contribution in [2.24, 2.45) is 0 Å². The smallest absolute Gasteiger partial charge is 0.331 e. The second-order valence-corrected chi connectivity index (χ2v) is 5.46. The van der Waals surface area contributed by atoms with E-state index in [0.717, 1.165) is 10.2 Å². The third-order valence-corrected chi connectivity index (χ3v) is 3.77. The number of hydrogen-bond donors (Lipinski definition) is 1. The zero-order valence-electron chi connectivity index (χ0n) is 10.9. The molecule has 0 saturated carbocycles. The van der Waals surface area contributed by atoms with E-state index >= 15 is 0 Å². The van der Waals surface area contributed by atoms with Crippen LogP contribution in [-0.2, 0) is 14.3 Å². The fourth-order valence-corrected chi connectivity index (χ4v) is 2.44. The summed E-state index contributed by atoms with van der Waals surface area (Å²) < 4.78 is 11.6. The van der Waals surface area contributed by atoms with Crippen LogP contribution in [0.2, 0.25) is 0 Å². The molecule has 1 saturated heterocycles. The summed E-state index contributed by atoms with van der Waals surface area (Å²) in [7, 11) is 0. The van der Waals surface area contributed by atoms with Gasteiger partial charge in [0.05, 0.1) is 6.61 Å². The largest absolute Gasteiger partial charge is 0.464 e. The van der Waals surface area contributed by atoms with Crippen molar-refractivity contribution in [2.45, 2.75) is 25.3 Å². The van der Waals surface area contributed by atoms with Crippen LogP contribution in [0, 0.1) is 0 Å². The molecule has 1 N–H and O–H groups in total. The highest BCUT2D eigenvalue weighted by atomic mass is 79.9. The van der Waals surface area contributed by atoms with Crippen molar-refractivity contribution in [2.75, 3.05) is 25.1 Å². The van der Waals surface area contributed by atoms with Gasteiger partial charge in [0.25, 0.3) is 0 Å². The standard InChI is InChI=1S/C14H18BrNO3/c1-2-19-13(17)14(7-9-18-10-8-14)16-12-5-3-11(15)4-6-12/h3-6,16H,2,7-10H2,1H3. The van der Waals surface area contributed by atoms with Gasteiger partial charge >= 0.3 is 5.97 Å². The molecule has 0 aliphatic carbocycles. The second kappa shape index (κ2) is 6.39. The van der Waals surface area contributed by atoms with Crippen molar-refractivity contribution in [3.8, 4) is 0 Å². The Hall–Kier alpha value is -1.07. The SMILES string of the molecule is CCOC(=O)C1(Nc2ccc(Br)cc2)CCOCC1. The van der Waals surface area contributed by atoms with E-state index < -0.39 is 5.54 Å². The van der Waals surface area contributed by atoms with Crippen LogP contribution in [-0.4, -0.2) is 31.3 Å². The van der Waals surface area contributed by atoms with Crippen molar-refractivity contribution in [3.05, 3.63) is 28.7 Å². The van der Waals surface area contributed by atoms with Gasteiger partial charge in [0, 0.05) is 36.2 Å². The molecule has 1 heterocycles. The van der Waals surface area contributed by atoms with Gasteiger partial charge in [-0.2, -0.15) is 0 Å². The van der Waals surface area contributed by atoms with E-state index in [-0.39, 0.29) is 5.97 Å². The molecule has 0 radical (unpaired) electrons. The Bertz CT molecular complexity index is 427. The Morgan fingerprint density at radius 2 is 2.00 bits per heavy atom. The first-order valence-electron chi connectivity index (χ1n) is 6.45. The van der Waals surface area contributed by atoms with Gasteiger partial charge in [0.15, 0.2) is 0 Å². The molecule has 1 aromatic rings. The molecule has 1 aromatic carbocycles. The highest BCUT2D eigenvalue weighted by Crippen LogP contribution is 2.28. The van der Waals surface area contributed by atoms with E-state index in [1.54, 1.807) is 0 Å². The highest BCUT2D eigenvalue weighted by molar-refractivity contribution is 9.10. The van der Waals surface area contributed by atoms with E-state index in [2.05, 4.69) is 21.2 Å². The van der Waals surface area contributed by atoms with Crippen molar-refractivity contribution in [1.82, 2.24) is 0 Å². The van der Waals surface area contributed by atoms with Crippen LogP contribution in [0.15, 0.2) is 28.7 Å². The average Bonchev–Trinajstić information content (AvgIpc) is 2.43. The molecular formula is C14H18BrNO3. The fourth-order valence-electron chi connectivity index (χ4n) is 2.18. The number of anilines is 1. The first kappa shape index (κ1) is 14.3. The predicted molar refractivity (Wildman–Crippen MR) is 77.2 cm³/mol. The number of carbonyl (C=O) groups is 1. The Balaban J connectivity index is 2.17. The molecule has 0 amide bonds. The Morgan fingerprint density at radius 3 is 2.58 bits per heavy atom. The lowest BCUT2D eigenvalue weighted by atomic mass is 9.89. The van der Waals surface area contributed by atoms with Crippen LogP contribution in [0.25, 0.3) is 0 Å². The summed E-state index contributed by atoms with van der Waals surface area (Å²) in [5.74, 6) is -0.193. The van der Waals surface area contributed by atoms with Gasteiger partial charge in [-0.25, -0.2) is 4.79 Å². The third-order valence-electron chi connectivity index (χ3n) is 3.24. The first-order valence-corrected chi connectivity index (χ1v) is 7.24. The molecule has 19 heavy (non-hydrogen) atoms.